The highest BCUT2D eigenvalue weighted by Gasteiger charge is 2.20. The molecule has 0 aliphatic carbocycles. The fraction of sp³-hybridized carbons (Fsp3) is 0.529. The van der Waals surface area contributed by atoms with Gasteiger partial charge in [-0.3, -0.25) is 9.59 Å². The minimum Gasteiger partial charge on any atom is -0.491 e. The second-order valence-corrected chi connectivity index (χ2v) is 6.29. The Morgan fingerprint density at radius 3 is 2.50 bits per heavy atom. The minimum atomic E-state index is -0.971. The topological polar surface area (TPSA) is 75.6 Å². The summed E-state index contributed by atoms with van der Waals surface area (Å²) in [6, 6.07) is 6.06. The normalized spacial score (nSPS) is 11.1. The first kappa shape index (κ1) is 18.0. The molecule has 0 saturated heterocycles. The van der Waals surface area contributed by atoms with Crippen LogP contribution in [0.15, 0.2) is 18.2 Å². The van der Waals surface area contributed by atoms with Gasteiger partial charge in [0.2, 0.25) is 5.91 Å². The molecule has 0 fully saturated rings. The summed E-state index contributed by atoms with van der Waals surface area (Å²) in [5, 5.41) is 11.2. The van der Waals surface area contributed by atoms with Crippen molar-refractivity contribution in [1.29, 1.82) is 0 Å². The van der Waals surface area contributed by atoms with Crippen LogP contribution in [0, 0.1) is 6.92 Å². The van der Waals surface area contributed by atoms with Gasteiger partial charge in [-0.1, -0.05) is 39.0 Å². The molecule has 0 aliphatic heterocycles. The van der Waals surface area contributed by atoms with Gasteiger partial charge in [0, 0.05) is 6.42 Å². The van der Waals surface area contributed by atoms with Gasteiger partial charge in [-0.15, -0.1) is 0 Å². The molecule has 122 valence electrons. The van der Waals surface area contributed by atoms with Gasteiger partial charge in [-0.25, -0.2) is 0 Å². The van der Waals surface area contributed by atoms with E-state index in [9.17, 15) is 9.59 Å². The number of hydrogen-bond donors (Lipinski definition) is 2. The van der Waals surface area contributed by atoms with Gasteiger partial charge in [0.1, 0.15) is 12.4 Å². The Morgan fingerprint density at radius 2 is 1.91 bits per heavy atom. The fourth-order valence-electron chi connectivity index (χ4n) is 2.09. The van der Waals surface area contributed by atoms with Crippen molar-refractivity contribution in [2.24, 2.45) is 0 Å². The molecule has 0 aromatic heterocycles. The lowest BCUT2D eigenvalue weighted by atomic mass is 9.85. The molecule has 22 heavy (non-hydrogen) atoms. The molecule has 1 aromatic carbocycles. The Hall–Kier alpha value is -2.04. The van der Waals surface area contributed by atoms with Crippen LogP contribution >= 0.6 is 0 Å². The van der Waals surface area contributed by atoms with Gasteiger partial charge >= 0.3 is 5.97 Å². The number of ether oxygens (including phenoxy) is 1. The molecule has 0 spiro atoms. The Balaban J connectivity index is 2.52. The van der Waals surface area contributed by atoms with E-state index in [4.69, 9.17) is 9.84 Å². The second kappa shape index (κ2) is 7.82. The van der Waals surface area contributed by atoms with Gasteiger partial charge in [0.15, 0.2) is 0 Å². The van der Waals surface area contributed by atoms with Crippen molar-refractivity contribution >= 4 is 11.9 Å². The standard InChI is InChI=1S/C17H25NO4/c1-12-6-5-7-13(17(2,3)4)16(12)22-11-10-18-14(19)8-9-15(20)21/h5-7H,8-11H2,1-4H3,(H,18,19)(H,20,21). The lowest BCUT2D eigenvalue weighted by molar-refractivity contribution is -0.138. The molecule has 0 saturated carbocycles. The van der Waals surface area contributed by atoms with E-state index < -0.39 is 5.97 Å². The number of nitrogens with one attached hydrogen (secondary N) is 1. The zero-order valence-corrected chi connectivity index (χ0v) is 13.7. The van der Waals surface area contributed by atoms with Crippen LogP contribution in [0.5, 0.6) is 5.75 Å². The number of rotatable bonds is 7. The van der Waals surface area contributed by atoms with Crippen molar-refractivity contribution in [3.63, 3.8) is 0 Å². The van der Waals surface area contributed by atoms with Crippen LogP contribution in [0.1, 0.15) is 44.7 Å². The van der Waals surface area contributed by atoms with Crippen molar-refractivity contribution in [1.82, 2.24) is 5.32 Å². The molecular formula is C17H25NO4. The maximum absolute atomic E-state index is 11.4. The lowest BCUT2D eigenvalue weighted by Gasteiger charge is -2.24. The highest BCUT2D eigenvalue weighted by Crippen LogP contribution is 2.33. The number of hydrogen-bond acceptors (Lipinski definition) is 3. The molecule has 1 amide bonds. The summed E-state index contributed by atoms with van der Waals surface area (Å²) in [7, 11) is 0. The molecule has 1 rings (SSSR count). The molecule has 2 N–H and O–H groups in total. The van der Waals surface area contributed by atoms with Crippen LogP contribution in [0.2, 0.25) is 0 Å². The van der Waals surface area contributed by atoms with Crippen molar-refractivity contribution in [3.8, 4) is 5.75 Å². The van der Waals surface area contributed by atoms with E-state index in [-0.39, 0.29) is 24.2 Å². The maximum atomic E-state index is 11.4. The molecule has 0 atom stereocenters. The first-order valence-corrected chi connectivity index (χ1v) is 7.43. The lowest BCUT2D eigenvalue weighted by Crippen LogP contribution is -2.28. The summed E-state index contributed by atoms with van der Waals surface area (Å²) in [6.07, 6.45) is -0.161. The number of aliphatic carboxylic acids is 1. The SMILES string of the molecule is Cc1cccc(C(C)(C)C)c1OCCNC(=O)CCC(=O)O. The third-order valence-electron chi connectivity index (χ3n) is 3.26. The number of carboxylic acids is 1. The van der Waals surface area contributed by atoms with Gasteiger partial charge in [0.25, 0.3) is 0 Å². The van der Waals surface area contributed by atoms with Crippen LogP contribution < -0.4 is 10.1 Å². The molecule has 0 unspecified atom stereocenters. The van der Waals surface area contributed by atoms with Gasteiger partial charge in [0.05, 0.1) is 13.0 Å². The van der Waals surface area contributed by atoms with E-state index in [1.807, 2.05) is 25.1 Å². The fourth-order valence-corrected chi connectivity index (χ4v) is 2.09. The van der Waals surface area contributed by atoms with Gasteiger partial charge in [-0.05, 0) is 23.5 Å². The van der Waals surface area contributed by atoms with E-state index in [0.717, 1.165) is 16.9 Å². The largest absolute Gasteiger partial charge is 0.491 e. The summed E-state index contributed by atoms with van der Waals surface area (Å²) in [5.74, 6) is -0.386. The molecule has 0 bridgehead atoms. The summed E-state index contributed by atoms with van der Waals surface area (Å²) in [6.45, 7) is 9.09. The van der Waals surface area contributed by atoms with Crippen LogP contribution in [-0.4, -0.2) is 30.1 Å². The summed E-state index contributed by atoms with van der Waals surface area (Å²) in [5.41, 5.74) is 2.17. The van der Waals surface area contributed by atoms with Gasteiger partial charge in [-0.2, -0.15) is 0 Å². The Bertz CT molecular complexity index is 532. The average molecular weight is 307 g/mol. The molecule has 1 aromatic rings. The Labute approximate surface area is 131 Å². The number of benzene rings is 1. The highest BCUT2D eigenvalue weighted by atomic mass is 16.5. The maximum Gasteiger partial charge on any atom is 0.303 e. The molecular weight excluding hydrogens is 282 g/mol. The Kier molecular flexibility index (Phi) is 6.40. The Morgan fingerprint density at radius 1 is 1.23 bits per heavy atom. The number of amides is 1. The third-order valence-corrected chi connectivity index (χ3v) is 3.26. The van der Waals surface area contributed by atoms with E-state index in [1.54, 1.807) is 0 Å². The molecule has 5 heteroatoms. The van der Waals surface area contributed by atoms with Crippen LogP contribution in [0.3, 0.4) is 0 Å². The summed E-state index contributed by atoms with van der Waals surface area (Å²) >= 11 is 0. The van der Waals surface area contributed by atoms with Crippen molar-refractivity contribution in [2.45, 2.75) is 46.0 Å². The molecule has 0 heterocycles. The van der Waals surface area contributed by atoms with E-state index in [0.29, 0.717) is 13.2 Å². The number of carboxylic acid groups (broad SMARTS) is 1. The van der Waals surface area contributed by atoms with Crippen LogP contribution in [-0.2, 0) is 15.0 Å². The summed E-state index contributed by atoms with van der Waals surface area (Å²) < 4.78 is 5.84. The third kappa shape index (κ3) is 5.76. The zero-order chi connectivity index (χ0) is 16.8. The van der Waals surface area contributed by atoms with Crippen molar-refractivity contribution < 1.29 is 19.4 Å². The number of carbonyl (C=O) groups excluding carboxylic acids is 1. The predicted octanol–water partition coefficient (Wildman–Crippen LogP) is 2.65. The number of carbonyl (C=O) groups is 2. The van der Waals surface area contributed by atoms with Crippen LogP contribution in [0.25, 0.3) is 0 Å². The minimum absolute atomic E-state index is 0.00700. The summed E-state index contributed by atoms with van der Waals surface area (Å²) in [4.78, 5) is 21.8. The second-order valence-electron chi connectivity index (χ2n) is 6.29. The van der Waals surface area contributed by atoms with Crippen molar-refractivity contribution in [3.05, 3.63) is 29.3 Å². The molecule has 5 nitrogen and oxygen atoms in total. The van der Waals surface area contributed by atoms with Crippen molar-refractivity contribution in [2.75, 3.05) is 13.2 Å². The van der Waals surface area contributed by atoms with E-state index >= 15 is 0 Å². The number of aryl methyl sites for hydroxylation is 1. The molecule has 0 radical (unpaired) electrons. The van der Waals surface area contributed by atoms with Gasteiger partial charge < -0.3 is 15.2 Å². The monoisotopic (exact) mass is 307 g/mol. The predicted molar refractivity (Wildman–Crippen MR) is 85.3 cm³/mol. The van der Waals surface area contributed by atoms with Crippen LogP contribution in [0.4, 0.5) is 0 Å². The highest BCUT2D eigenvalue weighted by molar-refractivity contribution is 5.80. The smallest absolute Gasteiger partial charge is 0.303 e. The zero-order valence-electron chi connectivity index (χ0n) is 13.7. The molecule has 0 aliphatic rings. The number of para-hydroxylation sites is 1. The first-order chi connectivity index (χ1) is 10.2. The first-order valence-electron chi connectivity index (χ1n) is 7.43. The van der Waals surface area contributed by atoms with E-state index in [1.165, 1.54) is 0 Å². The van der Waals surface area contributed by atoms with E-state index in [2.05, 4.69) is 26.1 Å². The quantitative estimate of drug-likeness (QED) is 0.759. The average Bonchev–Trinajstić information content (AvgIpc) is 2.41.